The molecule has 13 heavy (non-hydrogen) atoms. The molecule has 2 N–H and O–H groups in total. The van der Waals surface area contributed by atoms with E-state index >= 15 is 0 Å². The van der Waals surface area contributed by atoms with Gasteiger partial charge in [0, 0.05) is 13.1 Å². The van der Waals surface area contributed by atoms with Gasteiger partial charge in [-0.05, 0) is 33.0 Å². The van der Waals surface area contributed by atoms with Crippen molar-refractivity contribution in [3.8, 4) is 0 Å². The SMILES string of the molecule is CCCN(CCC)CC(O)CNC. The van der Waals surface area contributed by atoms with E-state index in [0.717, 1.165) is 32.5 Å². The lowest BCUT2D eigenvalue weighted by atomic mass is 10.3. The zero-order valence-electron chi connectivity index (χ0n) is 9.21. The van der Waals surface area contributed by atoms with Gasteiger partial charge in [0.1, 0.15) is 0 Å². The molecule has 1 unspecified atom stereocenters. The molecule has 80 valence electrons. The van der Waals surface area contributed by atoms with Crippen LogP contribution in [0.15, 0.2) is 0 Å². The molecule has 0 amide bonds. The highest BCUT2D eigenvalue weighted by Crippen LogP contribution is 1.96. The summed E-state index contributed by atoms with van der Waals surface area (Å²) in [5.41, 5.74) is 0. The minimum Gasteiger partial charge on any atom is -0.390 e. The average Bonchev–Trinajstić information content (AvgIpc) is 2.05. The van der Waals surface area contributed by atoms with Crippen molar-refractivity contribution in [2.45, 2.75) is 32.8 Å². The summed E-state index contributed by atoms with van der Waals surface area (Å²) >= 11 is 0. The lowest BCUT2D eigenvalue weighted by Crippen LogP contribution is -2.38. The second-order valence-electron chi connectivity index (χ2n) is 3.51. The first-order valence-corrected chi connectivity index (χ1v) is 5.29. The molecule has 0 aromatic rings. The van der Waals surface area contributed by atoms with Gasteiger partial charge >= 0.3 is 0 Å². The fourth-order valence-electron chi connectivity index (χ4n) is 1.53. The molecule has 1 atom stereocenters. The Hall–Kier alpha value is -0.120. The Morgan fingerprint density at radius 1 is 1.23 bits per heavy atom. The summed E-state index contributed by atoms with van der Waals surface area (Å²) in [7, 11) is 1.87. The normalized spacial score (nSPS) is 13.6. The molecule has 0 spiro atoms. The highest BCUT2D eigenvalue weighted by Gasteiger charge is 2.08. The van der Waals surface area contributed by atoms with Gasteiger partial charge in [-0.25, -0.2) is 0 Å². The first-order chi connectivity index (χ1) is 6.24. The maximum Gasteiger partial charge on any atom is 0.0791 e. The minimum absolute atomic E-state index is 0.233. The maximum absolute atomic E-state index is 9.57. The molecule has 0 aliphatic rings. The molecule has 0 radical (unpaired) electrons. The van der Waals surface area contributed by atoms with Gasteiger partial charge in [-0.1, -0.05) is 13.8 Å². The number of rotatable bonds is 8. The summed E-state index contributed by atoms with van der Waals surface area (Å²) in [4.78, 5) is 2.32. The zero-order chi connectivity index (χ0) is 10.1. The molecular weight excluding hydrogens is 164 g/mol. The standard InChI is InChI=1S/C10H24N2O/c1-4-6-12(7-5-2)9-10(13)8-11-3/h10-11,13H,4-9H2,1-3H3. The Morgan fingerprint density at radius 3 is 2.15 bits per heavy atom. The number of hydrogen-bond donors (Lipinski definition) is 2. The zero-order valence-corrected chi connectivity index (χ0v) is 9.21. The smallest absolute Gasteiger partial charge is 0.0791 e. The van der Waals surface area contributed by atoms with Crippen molar-refractivity contribution in [1.82, 2.24) is 10.2 Å². The van der Waals surface area contributed by atoms with Gasteiger partial charge in [0.25, 0.3) is 0 Å². The van der Waals surface area contributed by atoms with Crippen molar-refractivity contribution >= 4 is 0 Å². The average molecular weight is 188 g/mol. The van der Waals surface area contributed by atoms with Crippen LogP contribution < -0.4 is 5.32 Å². The third-order valence-corrected chi connectivity index (χ3v) is 1.99. The van der Waals surface area contributed by atoms with E-state index in [1.54, 1.807) is 0 Å². The highest BCUT2D eigenvalue weighted by atomic mass is 16.3. The summed E-state index contributed by atoms with van der Waals surface area (Å²) in [5.74, 6) is 0. The summed E-state index contributed by atoms with van der Waals surface area (Å²) in [5, 5.41) is 12.5. The Bertz CT molecular complexity index is 103. The molecule has 0 saturated carbocycles. The number of aliphatic hydroxyl groups is 1. The van der Waals surface area contributed by atoms with Crippen LogP contribution in [-0.2, 0) is 0 Å². The van der Waals surface area contributed by atoms with Gasteiger partial charge in [0.2, 0.25) is 0 Å². The van der Waals surface area contributed by atoms with Gasteiger partial charge < -0.3 is 15.3 Å². The minimum atomic E-state index is -0.233. The van der Waals surface area contributed by atoms with E-state index in [1.807, 2.05) is 7.05 Å². The molecule has 0 rings (SSSR count). The number of nitrogens with zero attached hydrogens (tertiary/aromatic N) is 1. The predicted molar refractivity (Wildman–Crippen MR) is 57.0 cm³/mol. The van der Waals surface area contributed by atoms with Crippen LogP contribution in [-0.4, -0.2) is 49.3 Å². The molecule has 3 heteroatoms. The van der Waals surface area contributed by atoms with Crippen LogP contribution in [0.2, 0.25) is 0 Å². The molecule has 0 bridgehead atoms. The second-order valence-corrected chi connectivity index (χ2v) is 3.51. The molecule has 0 fully saturated rings. The Kier molecular flexibility index (Phi) is 8.40. The van der Waals surface area contributed by atoms with E-state index in [4.69, 9.17) is 0 Å². The Balaban J connectivity index is 3.64. The number of nitrogens with one attached hydrogen (secondary N) is 1. The van der Waals surface area contributed by atoms with E-state index < -0.39 is 0 Å². The molecule has 0 aromatic carbocycles. The summed E-state index contributed by atoms with van der Waals surface area (Å²) in [6.45, 7) is 8.01. The van der Waals surface area contributed by atoms with Crippen LogP contribution in [0.3, 0.4) is 0 Å². The van der Waals surface area contributed by atoms with Gasteiger partial charge in [0.15, 0.2) is 0 Å². The van der Waals surface area contributed by atoms with Gasteiger partial charge in [-0.3, -0.25) is 0 Å². The molecule has 0 saturated heterocycles. The first-order valence-electron chi connectivity index (χ1n) is 5.29. The number of hydrogen-bond acceptors (Lipinski definition) is 3. The molecule has 0 aromatic heterocycles. The summed E-state index contributed by atoms with van der Waals surface area (Å²) < 4.78 is 0. The summed E-state index contributed by atoms with van der Waals surface area (Å²) in [6.07, 6.45) is 2.08. The lowest BCUT2D eigenvalue weighted by Gasteiger charge is -2.23. The fraction of sp³-hybridized carbons (Fsp3) is 1.00. The molecule has 3 nitrogen and oxygen atoms in total. The number of likely N-dealkylation sites (N-methyl/N-ethyl adjacent to an activating group) is 1. The van der Waals surface area contributed by atoms with Crippen LogP contribution >= 0.6 is 0 Å². The molecule has 0 aliphatic carbocycles. The molecular formula is C10H24N2O. The van der Waals surface area contributed by atoms with Crippen molar-refractivity contribution in [1.29, 1.82) is 0 Å². The Morgan fingerprint density at radius 2 is 1.77 bits per heavy atom. The summed E-state index contributed by atoms with van der Waals surface area (Å²) in [6, 6.07) is 0. The van der Waals surface area contributed by atoms with Crippen molar-refractivity contribution in [2.24, 2.45) is 0 Å². The van der Waals surface area contributed by atoms with Crippen LogP contribution in [0.25, 0.3) is 0 Å². The van der Waals surface area contributed by atoms with Crippen molar-refractivity contribution in [3.05, 3.63) is 0 Å². The van der Waals surface area contributed by atoms with Crippen LogP contribution in [0.4, 0.5) is 0 Å². The van der Waals surface area contributed by atoms with Crippen LogP contribution in [0.5, 0.6) is 0 Å². The van der Waals surface area contributed by atoms with E-state index in [0.29, 0.717) is 6.54 Å². The van der Waals surface area contributed by atoms with Gasteiger partial charge in [-0.15, -0.1) is 0 Å². The quantitative estimate of drug-likeness (QED) is 0.588. The van der Waals surface area contributed by atoms with E-state index in [-0.39, 0.29) is 6.10 Å². The molecule has 0 aliphatic heterocycles. The topological polar surface area (TPSA) is 35.5 Å². The van der Waals surface area contributed by atoms with E-state index in [1.165, 1.54) is 0 Å². The van der Waals surface area contributed by atoms with Crippen LogP contribution in [0.1, 0.15) is 26.7 Å². The highest BCUT2D eigenvalue weighted by molar-refractivity contribution is 4.65. The van der Waals surface area contributed by atoms with Crippen molar-refractivity contribution < 1.29 is 5.11 Å². The molecule has 0 heterocycles. The maximum atomic E-state index is 9.57. The fourth-order valence-corrected chi connectivity index (χ4v) is 1.53. The third kappa shape index (κ3) is 6.99. The number of aliphatic hydroxyl groups excluding tert-OH is 1. The monoisotopic (exact) mass is 188 g/mol. The van der Waals surface area contributed by atoms with Gasteiger partial charge in [0.05, 0.1) is 6.10 Å². The first kappa shape index (κ1) is 12.9. The van der Waals surface area contributed by atoms with Crippen molar-refractivity contribution in [2.75, 3.05) is 33.2 Å². The second kappa shape index (κ2) is 8.48. The van der Waals surface area contributed by atoms with E-state index in [9.17, 15) is 5.11 Å². The van der Waals surface area contributed by atoms with E-state index in [2.05, 4.69) is 24.1 Å². The third-order valence-electron chi connectivity index (χ3n) is 1.99. The largest absolute Gasteiger partial charge is 0.390 e. The van der Waals surface area contributed by atoms with Gasteiger partial charge in [-0.2, -0.15) is 0 Å². The lowest BCUT2D eigenvalue weighted by molar-refractivity contribution is 0.113. The van der Waals surface area contributed by atoms with Crippen LogP contribution in [0, 0.1) is 0 Å². The predicted octanol–water partition coefficient (Wildman–Crippen LogP) is 0.689. The Labute approximate surface area is 82.1 Å². The van der Waals surface area contributed by atoms with Crippen molar-refractivity contribution in [3.63, 3.8) is 0 Å².